The lowest BCUT2D eigenvalue weighted by molar-refractivity contribution is 0.0616. The van der Waals surface area contributed by atoms with Crippen molar-refractivity contribution in [2.45, 2.75) is 37.1 Å². The van der Waals surface area contributed by atoms with E-state index >= 15 is 0 Å². The largest absolute Gasteiger partial charge is 0.389 e. The van der Waals surface area contributed by atoms with E-state index in [9.17, 15) is 5.11 Å². The van der Waals surface area contributed by atoms with E-state index in [0.29, 0.717) is 29.9 Å². The van der Waals surface area contributed by atoms with Gasteiger partial charge in [0.15, 0.2) is 26.0 Å². The van der Waals surface area contributed by atoms with Gasteiger partial charge in [0, 0.05) is 26.7 Å². The van der Waals surface area contributed by atoms with Crippen LogP contribution in [0.25, 0.3) is 11.2 Å². The molecule has 2 heterocycles. The molecule has 2 aromatic heterocycles. The van der Waals surface area contributed by atoms with Crippen LogP contribution in [-0.4, -0.2) is 75.3 Å². The van der Waals surface area contributed by atoms with E-state index < -0.39 is 17.7 Å². The van der Waals surface area contributed by atoms with E-state index in [-0.39, 0.29) is 28.7 Å². The molecule has 0 spiro atoms. The van der Waals surface area contributed by atoms with Crippen LogP contribution in [0.1, 0.15) is 29.5 Å². The lowest BCUT2D eigenvalue weighted by atomic mass is 9.76. The van der Waals surface area contributed by atoms with Crippen molar-refractivity contribution in [2.75, 3.05) is 27.3 Å². The first kappa shape index (κ1) is 33.8. The number of aliphatic imine (C=N–C) groups is 1. The topological polar surface area (TPSA) is 134 Å². The van der Waals surface area contributed by atoms with Gasteiger partial charge in [-0.25, -0.2) is 19.9 Å². The Kier molecular flexibility index (Phi) is 12.1. The average molecular weight is 651 g/mol. The maximum atomic E-state index is 11.8. The summed E-state index contributed by atoms with van der Waals surface area (Å²) in [5.41, 5.74) is 3.53. The molecule has 0 amide bonds. The minimum Gasteiger partial charge on any atom is -0.389 e. The zero-order valence-electron chi connectivity index (χ0n) is 26.5. The lowest BCUT2D eigenvalue weighted by Gasteiger charge is -2.41. The van der Waals surface area contributed by atoms with Crippen molar-refractivity contribution in [3.63, 3.8) is 0 Å². The number of nitrogens with one attached hydrogen (secondary N) is 1. The van der Waals surface area contributed by atoms with E-state index in [0.717, 1.165) is 16.7 Å². The summed E-state index contributed by atoms with van der Waals surface area (Å²) in [7, 11) is 3.49. The predicted octanol–water partition coefficient (Wildman–Crippen LogP) is 5.20. The Morgan fingerprint density at radius 3 is 2.15 bits per heavy atom. The molecule has 2 N–H and O–H groups in total. The van der Waals surface area contributed by atoms with Crippen molar-refractivity contribution >= 4 is 32.4 Å². The summed E-state index contributed by atoms with van der Waals surface area (Å²) in [6.45, 7) is 0.809. The number of imidazole rings is 1. The third-order valence-corrected chi connectivity index (χ3v) is 8.26. The third-order valence-electron chi connectivity index (χ3n) is 7.65. The van der Waals surface area contributed by atoms with Gasteiger partial charge >= 0.3 is 0 Å². The highest BCUT2D eigenvalue weighted by Gasteiger charge is 2.39. The number of aryl methyl sites for hydroxylation is 1. The average Bonchev–Trinajstić information content (AvgIpc) is 3.53. The Labute approximate surface area is 276 Å². The summed E-state index contributed by atoms with van der Waals surface area (Å²) in [5, 5.41) is 24.5. The molecule has 3 aromatic carbocycles. The fraction of sp³-hybridized carbons (Fsp3) is 0.286. The van der Waals surface area contributed by atoms with Crippen LogP contribution >= 0.6 is 9.03 Å². The molecular weight excluding hydrogens is 611 g/mol. The molecule has 5 aromatic rings. The van der Waals surface area contributed by atoms with Crippen molar-refractivity contribution in [1.29, 1.82) is 5.26 Å². The molecule has 0 aliphatic heterocycles. The van der Waals surface area contributed by atoms with Gasteiger partial charge in [0.25, 0.3) is 0 Å². The van der Waals surface area contributed by atoms with Gasteiger partial charge in [-0.2, -0.15) is 5.26 Å². The minimum absolute atomic E-state index is 0.0351. The van der Waals surface area contributed by atoms with Crippen LogP contribution < -0.4 is 5.32 Å². The molecule has 5 rings (SSSR count). The highest BCUT2D eigenvalue weighted by atomic mass is 31.1. The smallest absolute Gasteiger partial charge is 0.184 e. The Morgan fingerprint density at radius 1 is 0.957 bits per heavy atom. The van der Waals surface area contributed by atoms with Crippen LogP contribution in [0.2, 0.25) is 0 Å². The molecule has 0 radical (unpaired) electrons. The maximum absolute atomic E-state index is 11.8. The molecule has 0 saturated carbocycles. The fourth-order valence-corrected chi connectivity index (χ4v) is 5.95. The van der Waals surface area contributed by atoms with E-state index in [1.165, 1.54) is 6.33 Å². The summed E-state index contributed by atoms with van der Waals surface area (Å²) >= 11 is 0. The molecule has 47 heavy (non-hydrogen) atoms. The number of nitrogens with zero attached hydrogens (tertiary/aromatic N) is 7. The molecule has 0 bridgehead atoms. The van der Waals surface area contributed by atoms with Gasteiger partial charge in [0.05, 0.1) is 50.0 Å². The second-order valence-corrected chi connectivity index (χ2v) is 11.9. The molecule has 3 atom stereocenters. The predicted molar refractivity (Wildman–Crippen MR) is 184 cm³/mol. The molecule has 0 aliphatic carbocycles. The van der Waals surface area contributed by atoms with Gasteiger partial charge < -0.3 is 23.6 Å². The van der Waals surface area contributed by atoms with E-state index in [1.54, 1.807) is 12.7 Å². The van der Waals surface area contributed by atoms with Crippen LogP contribution in [0, 0.1) is 11.3 Å². The lowest BCUT2D eigenvalue weighted by Crippen LogP contribution is -2.54. The summed E-state index contributed by atoms with van der Waals surface area (Å²) in [6, 6.07) is 32.4. The van der Waals surface area contributed by atoms with Crippen molar-refractivity contribution in [3.05, 3.63) is 120 Å². The van der Waals surface area contributed by atoms with Crippen molar-refractivity contribution < 1.29 is 14.2 Å². The number of aliphatic hydroxyl groups excluding tert-OH is 1. The number of aromatic nitrogens is 4. The van der Waals surface area contributed by atoms with Gasteiger partial charge in [0.2, 0.25) is 0 Å². The van der Waals surface area contributed by atoms with Crippen molar-refractivity contribution in [2.24, 2.45) is 4.99 Å². The molecule has 0 fully saturated rings. The second kappa shape index (κ2) is 16.8. The molecule has 11 nitrogen and oxygen atoms in total. The Bertz CT molecular complexity index is 1650. The number of rotatable bonds is 17. The van der Waals surface area contributed by atoms with Crippen molar-refractivity contribution in [3.8, 4) is 6.07 Å². The molecule has 0 saturated heterocycles. The summed E-state index contributed by atoms with van der Waals surface area (Å²) in [4.78, 5) is 19.7. The summed E-state index contributed by atoms with van der Waals surface area (Å²) < 4.78 is 13.2. The molecular formula is C35H39N8O3P. The molecule has 12 heteroatoms. The van der Waals surface area contributed by atoms with Gasteiger partial charge in [-0.05, 0) is 23.1 Å². The fourth-order valence-electron chi connectivity index (χ4n) is 5.44. The zero-order valence-corrected chi connectivity index (χ0v) is 27.5. The first-order valence-electron chi connectivity index (χ1n) is 15.4. The molecule has 0 aliphatic rings. The van der Waals surface area contributed by atoms with Gasteiger partial charge in [-0.15, -0.1) is 0 Å². The quantitative estimate of drug-likeness (QED) is 0.0458. The number of aliphatic hydroxyl groups is 1. The second-order valence-electron chi connectivity index (χ2n) is 11.1. The number of fused-ring (bicyclic) bond motifs is 1. The summed E-state index contributed by atoms with van der Waals surface area (Å²) in [5.74, 6) is 0.485. The van der Waals surface area contributed by atoms with E-state index in [2.05, 4.69) is 67.7 Å². The van der Waals surface area contributed by atoms with Crippen LogP contribution in [0.3, 0.4) is 0 Å². The number of hydrogen-bond donors (Lipinski definition) is 2. The number of nitriles is 1. The van der Waals surface area contributed by atoms with E-state index in [1.807, 2.05) is 78.2 Å². The van der Waals surface area contributed by atoms with Crippen molar-refractivity contribution in [1.82, 2.24) is 29.7 Å². The molecule has 3 unspecified atom stereocenters. The highest BCUT2D eigenvalue weighted by Crippen LogP contribution is 2.38. The molecule has 242 valence electrons. The zero-order chi connectivity index (χ0) is 32.9. The van der Waals surface area contributed by atoms with E-state index in [4.69, 9.17) is 14.3 Å². The Balaban J connectivity index is 1.51. The van der Waals surface area contributed by atoms with Crippen LogP contribution in [-0.2, 0) is 21.1 Å². The number of benzene rings is 3. The summed E-state index contributed by atoms with van der Waals surface area (Å²) in [6.07, 6.45) is 4.77. The minimum atomic E-state index is -0.915. The third kappa shape index (κ3) is 8.43. The van der Waals surface area contributed by atoms with Gasteiger partial charge in [0.1, 0.15) is 6.33 Å². The van der Waals surface area contributed by atoms with Crippen LogP contribution in [0.4, 0.5) is 5.82 Å². The monoisotopic (exact) mass is 650 g/mol. The van der Waals surface area contributed by atoms with Crippen LogP contribution in [0.5, 0.6) is 0 Å². The Morgan fingerprint density at radius 2 is 1.57 bits per heavy atom. The first-order chi connectivity index (χ1) is 23.0. The SMILES string of the molecule is CN(C)/C=N\c1ncnc2c1ncn2CCC(NC(c1ccccc1)(c1ccccc1)c1ccccc1)C(O)COPOCCC#N. The van der Waals surface area contributed by atoms with Gasteiger partial charge in [-0.3, -0.25) is 5.32 Å². The highest BCUT2D eigenvalue weighted by molar-refractivity contribution is 7.26. The normalized spacial score (nSPS) is 13.3. The number of hydrogen-bond acceptors (Lipinski definition) is 9. The maximum Gasteiger partial charge on any atom is 0.184 e. The van der Waals surface area contributed by atoms with Gasteiger partial charge in [-0.1, -0.05) is 91.0 Å². The Hall–Kier alpha value is -4.56. The first-order valence-corrected chi connectivity index (χ1v) is 16.2. The van der Waals surface area contributed by atoms with Crippen LogP contribution in [0.15, 0.2) is 109 Å². The standard InChI is InChI=1S/C35H39N8O3P/c1-42(2)25-40-33-32-34(38-24-37-33)43(26-39-32)21-19-30(31(44)23-46-47-45-22-12-20-36)41-35(27-13-6-3-7-14-27,28-15-8-4-9-16-28)29-17-10-5-11-18-29/h3-11,13-18,24-26,30-31,41,44,47H,12,19,21-23H2,1-2H3/b40-25-.